The standard InChI is InChI=1S/C50H28N4/c51-29-30-19-21-35(22-20-30)48-52-49(54-50(53-48)42-15-5-4-14-38(42)31-9-2-1-3-10-31)37-27-36-26-25-34-12-7-17-40-39-16-6-11-32-23-24-33-13-8-18-41(46(33)44(32)39)43(28-37)47(36)45(34)40/h1-28H. The molecule has 10 aromatic carbocycles. The summed E-state index contributed by atoms with van der Waals surface area (Å²) in [4.78, 5) is 15.5. The van der Waals surface area contributed by atoms with Crippen molar-refractivity contribution in [2.45, 2.75) is 0 Å². The Labute approximate surface area is 310 Å². The molecule has 54 heavy (non-hydrogen) atoms. The highest BCUT2D eigenvalue weighted by molar-refractivity contribution is 6.37. The number of rotatable bonds is 4. The number of aromatic nitrogens is 3. The van der Waals surface area contributed by atoms with Crippen molar-refractivity contribution >= 4 is 64.6 Å². The first-order valence-electron chi connectivity index (χ1n) is 18.1. The topological polar surface area (TPSA) is 62.5 Å². The lowest BCUT2D eigenvalue weighted by atomic mass is 9.87. The van der Waals surface area contributed by atoms with Crippen LogP contribution < -0.4 is 0 Å². The summed E-state index contributed by atoms with van der Waals surface area (Å²) in [6.45, 7) is 0. The van der Waals surface area contributed by atoms with Crippen molar-refractivity contribution in [3.63, 3.8) is 0 Å². The van der Waals surface area contributed by atoms with Gasteiger partial charge >= 0.3 is 0 Å². The molecule has 0 saturated heterocycles. The highest BCUT2D eigenvalue weighted by atomic mass is 15.0. The van der Waals surface area contributed by atoms with E-state index in [0.29, 0.717) is 23.0 Å². The minimum atomic E-state index is 0.548. The van der Waals surface area contributed by atoms with Gasteiger partial charge < -0.3 is 0 Å². The van der Waals surface area contributed by atoms with Crippen molar-refractivity contribution < 1.29 is 0 Å². The summed E-state index contributed by atoms with van der Waals surface area (Å²) in [6.07, 6.45) is 0. The van der Waals surface area contributed by atoms with E-state index in [1.165, 1.54) is 53.9 Å². The van der Waals surface area contributed by atoms with Crippen molar-refractivity contribution in [3.8, 4) is 51.4 Å². The second-order valence-corrected chi connectivity index (χ2v) is 13.9. The van der Waals surface area contributed by atoms with Crippen LogP contribution in [0.3, 0.4) is 0 Å². The molecular formula is C50H28N4. The summed E-state index contributed by atoms with van der Waals surface area (Å²) in [5.41, 5.74) is 5.35. The van der Waals surface area contributed by atoms with Crippen molar-refractivity contribution in [1.82, 2.24) is 15.0 Å². The van der Waals surface area contributed by atoms with Crippen molar-refractivity contribution in [3.05, 3.63) is 175 Å². The number of fused-ring (bicyclic) bond motifs is 2. The van der Waals surface area contributed by atoms with E-state index in [9.17, 15) is 5.26 Å². The van der Waals surface area contributed by atoms with Crippen LogP contribution in [0.2, 0.25) is 0 Å². The van der Waals surface area contributed by atoms with E-state index in [2.05, 4.69) is 121 Å². The van der Waals surface area contributed by atoms with E-state index >= 15 is 0 Å². The Morgan fingerprint density at radius 1 is 0.333 bits per heavy atom. The molecule has 0 saturated carbocycles. The number of hydrogen-bond acceptors (Lipinski definition) is 4. The number of nitriles is 1. The largest absolute Gasteiger partial charge is 0.208 e. The molecule has 11 rings (SSSR count). The Balaban J connectivity index is 1.27. The Bertz CT molecular complexity index is 3320. The second kappa shape index (κ2) is 11.8. The van der Waals surface area contributed by atoms with Gasteiger partial charge in [-0.15, -0.1) is 0 Å². The molecule has 1 aromatic heterocycles. The number of hydrogen-bond donors (Lipinski definition) is 0. The zero-order valence-corrected chi connectivity index (χ0v) is 29.0. The molecule has 0 fully saturated rings. The molecule has 0 N–H and O–H groups in total. The lowest BCUT2D eigenvalue weighted by Gasteiger charge is -2.17. The van der Waals surface area contributed by atoms with Crippen molar-refractivity contribution in [1.29, 1.82) is 5.26 Å². The molecule has 0 spiro atoms. The van der Waals surface area contributed by atoms with E-state index in [1.807, 2.05) is 54.6 Å². The van der Waals surface area contributed by atoms with Gasteiger partial charge in [0.05, 0.1) is 11.6 Å². The first-order chi connectivity index (χ1) is 26.7. The molecule has 11 aromatic rings. The summed E-state index contributed by atoms with van der Waals surface area (Å²) >= 11 is 0. The van der Waals surface area contributed by atoms with Gasteiger partial charge in [-0.1, -0.05) is 133 Å². The molecule has 4 heteroatoms. The van der Waals surface area contributed by atoms with Crippen LogP contribution in [0, 0.1) is 11.3 Å². The van der Waals surface area contributed by atoms with Crippen LogP contribution >= 0.6 is 0 Å². The van der Waals surface area contributed by atoms with E-state index in [0.717, 1.165) is 38.6 Å². The van der Waals surface area contributed by atoms with Crippen LogP contribution in [0.1, 0.15) is 5.56 Å². The molecule has 248 valence electrons. The van der Waals surface area contributed by atoms with Gasteiger partial charge in [0.1, 0.15) is 0 Å². The number of nitrogens with zero attached hydrogens (tertiary/aromatic N) is 4. The average molecular weight is 685 g/mol. The van der Waals surface area contributed by atoms with Gasteiger partial charge in [0.25, 0.3) is 0 Å². The predicted molar refractivity (Wildman–Crippen MR) is 223 cm³/mol. The molecule has 0 bridgehead atoms. The third-order valence-corrected chi connectivity index (χ3v) is 10.8. The summed E-state index contributed by atoms with van der Waals surface area (Å²) in [6, 6.07) is 61.7. The molecule has 1 heterocycles. The Kier molecular flexibility index (Phi) is 6.58. The van der Waals surface area contributed by atoms with Gasteiger partial charge in [-0.2, -0.15) is 5.26 Å². The van der Waals surface area contributed by atoms with Crippen LogP contribution in [-0.2, 0) is 0 Å². The number of benzene rings is 9. The van der Waals surface area contributed by atoms with Crippen LogP contribution in [0.25, 0.3) is 110 Å². The molecule has 0 amide bonds. The Morgan fingerprint density at radius 2 is 0.833 bits per heavy atom. The van der Waals surface area contributed by atoms with Crippen LogP contribution in [0.4, 0.5) is 0 Å². The maximum absolute atomic E-state index is 9.53. The third kappa shape index (κ3) is 4.59. The van der Waals surface area contributed by atoms with Gasteiger partial charge in [-0.25, -0.2) is 15.0 Å². The van der Waals surface area contributed by atoms with Gasteiger partial charge in [-0.05, 0) is 112 Å². The van der Waals surface area contributed by atoms with Crippen molar-refractivity contribution in [2.75, 3.05) is 0 Å². The van der Waals surface area contributed by atoms with E-state index < -0.39 is 0 Å². The smallest absolute Gasteiger partial charge is 0.164 e. The summed E-state index contributed by atoms with van der Waals surface area (Å²) in [7, 11) is 0. The van der Waals surface area contributed by atoms with Crippen molar-refractivity contribution in [2.24, 2.45) is 0 Å². The minimum absolute atomic E-state index is 0.548. The second-order valence-electron chi connectivity index (χ2n) is 13.9. The Hall–Kier alpha value is -7.48. The molecule has 0 aliphatic rings. The Morgan fingerprint density at radius 3 is 1.44 bits per heavy atom. The maximum atomic E-state index is 9.53. The molecule has 0 atom stereocenters. The summed E-state index contributed by atoms with van der Waals surface area (Å²) in [5, 5.41) is 24.1. The zero-order chi connectivity index (χ0) is 35.8. The van der Waals surface area contributed by atoms with Crippen LogP contribution in [-0.4, -0.2) is 15.0 Å². The highest BCUT2D eigenvalue weighted by Gasteiger charge is 2.19. The summed E-state index contributed by atoms with van der Waals surface area (Å²) < 4.78 is 0. The predicted octanol–water partition coefficient (Wildman–Crippen LogP) is 12.8. The molecular weight excluding hydrogens is 657 g/mol. The fourth-order valence-electron chi connectivity index (χ4n) is 8.41. The quantitative estimate of drug-likeness (QED) is 0.173. The van der Waals surface area contributed by atoms with Gasteiger partial charge in [-0.3, -0.25) is 0 Å². The fraction of sp³-hybridized carbons (Fsp3) is 0. The van der Waals surface area contributed by atoms with E-state index in [1.54, 1.807) is 0 Å². The maximum Gasteiger partial charge on any atom is 0.164 e. The van der Waals surface area contributed by atoms with E-state index in [4.69, 9.17) is 15.0 Å². The molecule has 4 nitrogen and oxygen atoms in total. The lowest BCUT2D eigenvalue weighted by Crippen LogP contribution is -2.01. The van der Waals surface area contributed by atoms with Crippen LogP contribution in [0.15, 0.2) is 170 Å². The average Bonchev–Trinajstić information content (AvgIpc) is 3.25. The summed E-state index contributed by atoms with van der Waals surface area (Å²) in [5.74, 6) is 1.72. The first kappa shape index (κ1) is 30.2. The van der Waals surface area contributed by atoms with Gasteiger partial charge in [0, 0.05) is 16.7 Å². The molecule has 0 aliphatic heterocycles. The first-order valence-corrected chi connectivity index (χ1v) is 18.1. The third-order valence-electron chi connectivity index (χ3n) is 10.8. The fourth-order valence-corrected chi connectivity index (χ4v) is 8.41. The van der Waals surface area contributed by atoms with E-state index in [-0.39, 0.29) is 0 Å². The van der Waals surface area contributed by atoms with Gasteiger partial charge in [0.2, 0.25) is 0 Å². The molecule has 0 radical (unpaired) electrons. The SMILES string of the molecule is N#Cc1ccc(-c2nc(-c3cc4ccc5cccc6c7cccc8ccc9cccc(c(c3)c4c56)c9c87)nc(-c3ccccc3-c3ccccc3)n2)cc1. The lowest BCUT2D eigenvalue weighted by molar-refractivity contribution is 1.07. The molecule has 0 unspecified atom stereocenters. The van der Waals surface area contributed by atoms with Gasteiger partial charge in [0.15, 0.2) is 17.5 Å². The molecule has 0 aliphatic carbocycles. The zero-order valence-electron chi connectivity index (χ0n) is 29.0. The van der Waals surface area contributed by atoms with Crippen LogP contribution in [0.5, 0.6) is 0 Å². The minimum Gasteiger partial charge on any atom is -0.208 e. The monoisotopic (exact) mass is 684 g/mol. The normalized spacial score (nSPS) is 11.7. The highest BCUT2D eigenvalue weighted by Crippen LogP contribution is 2.44.